The van der Waals surface area contributed by atoms with Crippen molar-refractivity contribution >= 4 is 23.2 Å². The number of amidine groups is 1. The normalized spacial score (nSPS) is 21.4. The first-order valence-electron chi connectivity index (χ1n) is 11.0. The number of piperazine rings is 1. The lowest BCUT2D eigenvalue weighted by Crippen LogP contribution is -2.48. The highest BCUT2D eigenvalue weighted by Crippen LogP contribution is 2.33. The number of hydrogen-bond acceptors (Lipinski definition) is 7. The van der Waals surface area contributed by atoms with Gasteiger partial charge in [0, 0.05) is 26.2 Å². The first-order chi connectivity index (χ1) is 14.8. The first kappa shape index (κ1) is 20.4. The molecule has 2 heterocycles. The fourth-order valence-corrected chi connectivity index (χ4v) is 4.32. The van der Waals surface area contributed by atoms with Gasteiger partial charge in [-0.2, -0.15) is 5.26 Å². The Balaban J connectivity index is 1.59. The maximum absolute atomic E-state index is 12.9. The summed E-state index contributed by atoms with van der Waals surface area (Å²) in [6.07, 6.45) is 7.06. The Hall–Kier alpha value is -2.85. The van der Waals surface area contributed by atoms with Crippen molar-refractivity contribution in [3.8, 4) is 6.07 Å². The lowest BCUT2D eigenvalue weighted by atomic mass is 10.0. The molecule has 2 N–H and O–H groups in total. The summed E-state index contributed by atoms with van der Waals surface area (Å²) in [4.78, 5) is 19.8. The van der Waals surface area contributed by atoms with Crippen LogP contribution in [0.1, 0.15) is 38.5 Å². The molecule has 3 aliphatic rings. The predicted octanol–water partition coefficient (Wildman–Crippen LogP) is 3.34. The molecule has 30 heavy (non-hydrogen) atoms. The summed E-state index contributed by atoms with van der Waals surface area (Å²) in [5.74, 6) is 0.465. The molecule has 1 aliphatic carbocycles. The average molecular weight is 408 g/mol. The number of fused-ring (bicyclic) bond motifs is 1. The summed E-state index contributed by atoms with van der Waals surface area (Å²) in [6, 6.07) is 9.76. The highest BCUT2D eigenvalue weighted by atomic mass is 16.5. The van der Waals surface area contributed by atoms with Gasteiger partial charge in [-0.05, 0) is 30.9 Å². The van der Waals surface area contributed by atoms with Crippen LogP contribution in [-0.4, -0.2) is 49.5 Å². The Labute approximate surface area is 177 Å². The molecule has 0 unspecified atom stereocenters. The number of para-hydroxylation sites is 2. The summed E-state index contributed by atoms with van der Waals surface area (Å²) in [5.41, 5.74) is 2.04. The van der Waals surface area contributed by atoms with Gasteiger partial charge < -0.3 is 20.3 Å². The van der Waals surface area contributed by atoms with Gasteiger partial charge in [-0.3, -0.25) is 0 Å². The summed E-state index contributed by atoms with van der Waals surface area (Å²) in [6.45, 7) is 3.59. The number of nitriles is 1. The first-order valence-corrected chi connectivity index (χ1v) is 11.0. The van der Waals surface area contributed by atoms with Crippen molar-refractivity contribution in [2.24, 2.45) is 10.9 Å². The Morgan fingerprint density at radius 2 is 1.90 bits per heavy atom. The number of esters is 1. The molecule has 1 aromatic carbocycles. The van der Waals surface area contributed by atoms with Gasteiger partial charge in [-0.15, -0.1) is 0 Å². The van der Waals surface area contributed by atoms with Gasteiger partial charge >= 0.3 is 5.97 Å². The SMILES string of the molecule is N#C/C(C(=O)OCC1CCCCCC1)=C1/Nc2ccccc2N=C1N1CCNCC1. The molecule has 7 nitrogen and oxygen atoms in total. The van der Waals surface area contributed by atoms with Crippen molar-refractivity contribution in [1.82, 2.24) is 10.2 Å². The standard InChI is InChI=1S/C23H29N5O2/c24-15-18(23(29)30-16-17-7-3-1-2-4-8-17)21-22(28-13-11-25-12-14-28)27-20-10-6-5-9-19(20)26-21/h5-6,9-10,17,25-26H,1-4,7-8,11-14,16H2/b21-18-. The van der Waals surface area contributed by atoms with E-state index >= 15 is 0 Å². The van der Waals surface area contributed by atoms with Crippen LogP contribution in [-0.2, 0) is 9.53 Å². The van der Waals surface area contributed by atoms with E-state index in [1.807, 2.05) is 24.3 Å². The van der Waals surface area contributed by atoms with Gasteiger partial charge in [-0.1, -0.05) is 37.8 Å². The van der Waals surface area contributed by atoms with E-state index in [-0.39, 0.29) is 5.57 Å². The lowest BCUT2D eigenvalue weighted by molar-refractivity contribution is -0.140. The molecular formula is C23H29N5O2. The minimum Gasteiger partial charge on any atom is -0.461 e. The van der Waals surface area contributed by atoms with E-state index in [0.717, 1.165) is 50.4 Å². The van der Waals surface area contributed by atoms with E-state index < -0.39 is 5.97 Å². The van der Waals surface area contributed by atoms with Crippen LogP contribution in [0.3, 0.4) is 0 Å². The van der Waals surface area contributed by atoms with Gasteiger partial charge in [0.15, 0.2) is 11.4 Å². The van der Waals surface area contributed by atoms with Crippen LogP contribution in [0, 0.1) is 17.2 Å². The lowest BCUT2D eigenvalue weighted by Gasteiger charge is -2.34. The predicted molar refractivity (Wildman–Crippen MR) is 116 cm³/mol. The fourth-order valence-electron chi connectivity index (χ4n) is 4.32. The zero-order valence-electron chi connectivity index (χ0n) is 17.3. The molecule has 158 valence electrons. The van der Waals surface area contributed by atoms with Crippen LogP contribution in [0.5, 0.6) is 0 Å². The zero-order valence-corrected chi connectivity index (χ0v) is 17.3. The minimum atomic E-state index is -0.563. The largest absolute Gasteiger partial charge is 0.461 e. The van der Waals surface area contributed by atoms with E-state index in [1.165, 1.54) is 25.7 Å². The molecule has 0 atom stereocenters. The third kappa shape index (κ3) is 4.65. The number of anilines is 1. The average Bonchev–Trinajstić information content (AvgIpc) is 3.07. The summed E-state index contributed by atoms with van der Waals surface area (Å²) in [7, 11) is 0. The van der Waals surface area contributed by atoms with Gasteiger partial charge in [-0.25, -0.2) is 9.79 Å². The number of carbonyl (C=O) groups is 1. The van der Waals surface area contributed by atoms with E-state index in [1.54, 1.807) is 0 Å². The zero-order chi connectivity index (χ0) is 20.8. The van der Waals surface area contributed by atoms with Gasteiger partial charge in [0.2, 0.25) is 0 Å². The molecule has 1 aromatic rings. The second-order valence-electron chi connectivity index (χ2n) is 8.13. The molecule has 0 spiro atoms. The molecule has 2 fully saturated rings. The van der Waals surface area contributed by atoms with E-state index in [4.69, 9.17) is 9.73 Å². The monoisotopic (exact) mass is 407 g/mol. The number of carbonyl (C=O) groups excluding carboxylic acids is 1. The van der Waals surface area contributed by atoms with Crippen LogP contribution in [0.4, 0.5) is 11.4 Å². The second-order valence-corrected chi connectivity index (χ2v) is 8.13. The van der Waals surface area contributed by atoms with Crippen molar-refractivity contribution in [3.05, 3.63) is 35.5 Å². The van der Waals surface area contributed by atoms with Crippen molar-refractivity contribution in [3.63, 3.8) is 0 Å². The third-order valence-corrected chi connectivity index (χ3v) is 6.02. The Morgan fingerprint density at radius 3 is 2.63 bits per heavy atom. The number of aliphatic imine (C=N–C) groups is 1. The molecule has 0 bridgehead atoms. The Kier molecular flexibility index (Phi) is 6.65. The van der Waals surface area contributed by atoms with Crippen molar-refractivity contribution in [1.29, 1.82) is 5.26 Å². The van der Waals surface area contributed by atoms with E-state index in [2.05, 4.69) is 21.6 Å². The maximum Gasteiger partial charge on any atom is 0.351 e. The topological polar surface area (TPSA) is 89.8 Å². The summed E-state index contributed by atoms with van der Waals surface area (Å²) in [5, 5.41) is 16.5. The fraction of sp³-hybridized carbons (Fsp3) is 0.522. The van der Waals surface area contributed by atoms with Gasteiger partial charge in [0.05, 0.1) is 18.0 Å². The molecule has 4 rings (SSSR count). The third-order valence-electron chi connectivity index (χ3n) is 6.02. The molecular weight excluding hydrogens is 378 g/mol. The number of ether oxygens (including phenoxy) is 1. The Morgan fingerprint density at radius 1 is 1.17 bits per heavy atom. The molecule has 1 saturated carbocycles. The van der Waals surface area contributed by atoms with E-state index in [0.29, 0.717) is 24.1 Å². The highest BCUT2D eigenvalue weighted by Gasteiger charge is 2.29. The minimum absolute atomic E-state index is 0.00425. The van der Waals surface area contributed by atoms with Crippen LogP contribution in [0.15, 0.2) is 40.5 Å². The van der Waals surface area contributed by atoms with Gasteiger partial charge in [0.1, 0.15) is 11.8 Å². The second kappa shape index (κ2) is 9.77. The maximum atomic E-state index is 12.9. The number of hydrogen-bond donors (Lipinski definition) is 2. The summed E-state index contributed by atoms with van der Waals surface area (Å²) < 4.78 is 5.62. The molecule has 0 amide bonds. The van der Waals surface area contributed by atoms with Crippen LogP contribution in [0.25, 0.3) is 0 Å². The quantitative estimate of drug-likeness (QED) is 0.346. The van der Waals surface area contributed by atoms with Crippen LogP contribution >= 0.6 is 0 Å². The van der Waals surface area contributed by atoms with E-state index in [9.17, 15) is 10.1 Å². The number of rotatable bonds is 3. The molecule has 7 heteroatoms. The highest BCUT2D eigenvalue weighted by molar-refractivity contribution is 6.12. The van der Waals surface area contributed by atoms with Crippen molar-refractivity contribution in [2.75, 3.05) is 38.1 Å². The van der Waals surface area contributed by atoms with Crippen molar-refractivity contribution in [2.45, 2.75) is 38.5 Å². The molecule has 2 aliphatic heterocycles. The Bertz CT molecular complexity index is 872. The van der Waals surface area contributed by atoms with Gasteiger partial charge in [0.25, 0.3) is 0 Å². The number of benzene rings is 1. The number of nitrogens with zero attached hydrogens (tertiary/aromatic N) is 3. The van der Waals surface area contributed by atoms with Crippen LogP contribution in [0.2, 0.25) is 0 Å². The summed E-state index contributed by atoms with van der Waals surface area (Å²) >= 11 is 0. The molecule has 0 radical (unpaired) electrons. The smallest absolute Gasteiger partial charge is 0.351 e. The molecule has 1 saturated heterocycles. The number of nitrogens with one attached hydrogen (secondary N) is 2. The van der Waals surface area contributed by atoms with Crippen LogP contribution < -0.4 is 10.6 Å². The van der Waals surface area contributed by atoms with Crippen molar-refractivity contribution < 1.29 is 9.53 Å². The molecule has 0 aromatic heterocycles.